The summed E-state index contributed by atoms with van der Waals surface area (Å²) in [5, 5.41) is 18.3. The first-order valence-corrected chi connectivity index (χ1v) is 4.38. The van der Waals surface area contributed by atoms with E-state index < -0.39 is 16.6 Å². The SMILES string of the molecule is C=CC(O)(O)c1c(Cl)ccc(F)c1Cl. The highest BCUT2D eigenvalue weighted by Gasteiger charge is 2.29. The van der Waals surface area contributed by atoms with Gasteiger partial charge in [0.2, 0.25) is 5.79 Å². The van der Waals surface area contributed by atoms with Gasteiger partial charge in [-0.1, -0.05) is 29.8 Å². The maximum absolute atomic E-state index is 13.0. The number of halogens is 3. The molecule has 1 rings (SSSR count). The molecule has 1 aromatic rings. The lowest BCUT2D eigenvalue weighted by molar-refractivity contribution is -0.124. The second-order valence-corrected chi connectivity index (χ2v) is 3.43. The Morgan fingerprint density at radius 2 is 1.93 bits per heavy atom. The van der Waals surface area contributed by atoms with Crippen LogP contribution in [0.4, 0.5) is 4.39 Å². The maximum atomic E-state index is 13.0. The Balaban J connectivity index is 3.47. The highest BCUT2D eigenvalue weighted by atomic mass is 35.5. The molecule has 14 heavy (non-hydrogen) atoms. The van der Waals surface area contributed by atoms with Crippen LogP contribution >= 0.6 is 23.2 Å². The zero-order valence-corrected chi connectivity index (χ0v) is 8.48. The van der Waals surface area contributed by atoms with Gasteiger partial charge in [-0.05, 0) is 18.2 Å². The van der Waals surface area contributed by atoms with Crippen LogP contribution in [-0.2, 0) is 5.79 Å². The van der Waals surface area contributed by atoms with Crippen molar-refractivity contribution in [2.45, 2.75) is 5.79 Å². The Labute approximate surface area is 90.2 Å². The normalized spacial score (nSPS) is 11.5. The second kappa shape index (κ2) is 3.87. The topological polar surface area (TPSA) is 40.5 Å². The molecule has 1 aromatic carbocycles. The van der Waals surface area contributed by atoms with Gasteiger partial charge in [-0.15, -0.1) is 0 Å². The van der Waals surface area contributed by atoms with E-state index in [1.165, 1.54) is 6.07 Å². The molecular formula is C9H7Cl2FO2. The van der Waals surface area contributed by atoms with Gasteiger partial charge >= 0.3 is 0 Å². The van der Waals surface area contributed by atoms with Gasteiger partial charge in [0.1, 0.15) is 5.82 Å². The fourth-order valence-corrected chi connectivity index (χ4v) is 1.62. The summed E-state index contributed by atoms with van der Waals surface area (Å²) in [7, 11) is 0. The monoisotopic (exact) mass is 236 g/mol. The average Bonchev–Trinajstić information content (AvgIpc) is 2.12. The molecule has 5 heteroatoms. The van der Waals surface area contributed by atoms with Crippen LogP contribution in [0.25, 0.3) is 0 Å². The van der Waals surface area contributed by atoms with E-state index in [2.05, 4.69) is 6.58 Å². The molecule has 0 unspecified atom stereocenters. The summed E-state index contributed by atoms with van der Waals surface area (Å²) in [4.78, 5) is 0. The van der Waals surface area contributed by atoms with Crippen LogP contribution in [0, 0.1) is 5.82 Å². The van der Waals surface area contributed by atoms with Gasteiger partial charge in [-0.2, -0.15) is 0 Å². The van der Waals surface area contributed by atoms with Gasteiger partial charge in [-0.3, -0.25) is 0 Å². The van der Waals surface area contributed by atoms with Crippen LogP contribution in [0.1, 0.15) is 5.56 Å². The Morgan fingerprint density at radius 1 is 1.36 bits per heavy atom. The smallest absolute Gasteiger partial charge is 0.212 e. The minimum Gasteiger partial charge on any atom is -0.359 e. The molecule has 0 aliphatic rings. The minimum absolute atomic E-state index is 0.0405. The summed E-state index contributed by atoms with van der Waals surface area (Å²) < 4.78 is 13.0. The molecule has 0 heterocycles. The van der Waals surface area contributed by atoms with E-state index in [4.69, 9.17) is 23.2 Å². The van der Waals surface area contributed by atoms with Crippen molar-refractivity contribution in [3.63, 3.8) is 0 Å². The van der Waals surface area contributed by atoms with Crippen molar-refractivity contribution >= 4 is 23.2 Å². The van der Waals surface area contributed by atoms with Crippen molar-refractivity contribution in [1.29, 1.82) is 0 Å². The van der Waals surface area contributed by atoms with Crippen molar-refractivity contribution in [1.82, 2.24) is 0 Å². The van der Waals surface area contributed by atoms with E-state index in [0.29, 0.717) is 0 Å². The van der Waals surface area contributed by atoms with Crippen LogP contribution in [0.15, 0.2) is 24.8 Å². The lowest BCUT2D eigenvalue weighted by Gasteiger charge is -2.20. The second-order valence-electron chi connectivity index (χ2n) is 2.65. The van der Waals surface area contributed by atoms with E-state index in [9.17, 15) is 14.6 Å². The first-order valence-electron chi connectivity index (χ1n) is 3.62. The molecule has 0 aliphatic carbocycles. The number of hydrogen-bond acceptors (Lipinski definition) is 2. The van der Waals surface area contributed by atoms with Crippen LogP contribution in [0.5, 0.6) is 0 Å². The van der Waals surface area contributed by atoms with Crippen molar-refractivity contribution in [3.05, 3.63) is 46.2 Å². The van der Waals surface area contributed by atoms with Gasteiger partial charge in [0.15, 0.2) is 0 Å². The summed E-state index contributed by atoms with van der Waals surface area (Å²) in [5.74, 6) is -3.21. The predicted octanol–water partition coefficient (Wildman–Crippen LogP) is 2.46. The first-order chi connectivity index (χ1) is 6.40. The van der Waals surface area contributed by atoms with E-state index in [1.807, 2.05) is 0 Å². The van der Waals surface area contributed by atoms with Crippen LogP contribution in [-0.4, -0.2) is 10.2 Å². The molecule has 0 aliphatic heterocycles. The largest absolute Gasteiger partial charge is 0.359 e. The van der Waals surface area contributed by atoms with Gasteiger partial charge in [0.25, 0.3) is 0 Å². The quantitative estimate of drug-likeness (QED) is 0.471. The molecule has 2 nitrogen and oxygen atoms in total. The Kier molecular flexibility index (Phi) is 3.17. The molecule has 0 aromatic heterocycles. The van der Waals surface area contributed by atoms with E-state index in [-0.39, 0.29) is 10.6 Å². The lowest BCUT2D eigenvalue weighted by atomic mass is 10.1. The average molecular weight is 237 g/mol. The zero-order valence-electron chi connectivity index (χ0n) is 6.97. The molecule has 76 valence electrons. The van der Waals surface area contributed by atoms with Gasteiger partial charge < -0.3 is 10.2 Å². The van der Waals surface area contributed by atoms with Crippen LogP contribution < -0.4 is 0 Å². The molecule has 0 bridgehead atoms. The molecule has 0 saturated carbocycles. The summed E-state index contributed by atoms with van der Waals surface area (Å²) in [6.45, 7) is 3.18. The molecule has 0 radical (unpaired) electrons. The highest BCUT2D eigenvalue weighted by molar-refractivity contribution is 6.36. The first kappa shape index (κ1) is 11.5. The van der Waals surface area contributed by atoms with Crippen LogP contribution in [0.2, 0.25) is 10.0 Å². The maximum Gasteiger partial charge on any atom is 0.212 e. The van der Waals surface area contributed by atoms with Gasteiger partial charge in [0.05, 0.1) is 15.6 Å². The fraction of sp³-hybridized carbons (Fsp3) is 0.111. The van der Waals surface area contributed by atoms with Crippen molar-refractivity contribution in [3.8, 4) is 0 Å². The summed E-state index contributed by atoms with van der Waals surface area (Å²) in [6, 6.07) is 2.22. The third-order valence-electron chi connectivity index (χ3n) is 1.70. The number of rotatable bonds is 2. The highest BCUT2D eigenvalue weighted by Crippen LogP contribution is 2.35. The standard InChI is InChI=1S/C9H7Cl2FO2/c1-2-9(13,14)7-5(10)3-4-6(12)8(7)11/h2-4,13-14H,1H2. The number of hydrogen-bond donors (Lipinski definition) is 2. The molecule has 0 fully saturated rings. The third kappa shape index (κ3) is 1.91. The minimum atomic E-state index is -2.43. The van der Waals surface area contributed by atoms with E-state index in [1.54, 1.807) is 0 Å². The molecule has 0 atom stereocenters. The third-order valence-corrected chi connectivity index (χ3v) is 2.38. The van der Waals surface area contributed by atoms with Crippen molar-refractivity contribution in [2.24, 2.45) is 0 Å². The number of benzene rings is 1. The van der Waals surface area contributed by atoms with Crippen molar-refractivity contribution in [2.75, 3.05) is 0 Å². The molecule has 0 amide bonds. The predicted molar refractivity (Wildman–Crippen MR) is 52.7 cm³/mol. The van der Waals surface area contributed by atoms with E-state index >= 15 is 0 Å². The van der Waals surface area contributed by atoms with Crippen LogP contribution in [0.3, 0.4) is 0 Å². The zero-order chi connectivity index (χ0) is 10.9. The van der Waals surface area contributed by atoms with Crippen molar-refractivity contribution < 1.29 is 14.6 Å². The van der Waals surface area contributed by atoms with Gasteiger partial charge in [0, 0.05) is 0 Å². The summed E-state index contributed by atoms with van der Waals surface area (Å²) in [6.07, 6.45) is 0.805. The van der Waals surface area contributed by atoms with Gasteiger partial charge in [-0.25, -0.2) is 4.39 Å². The molecule has 2 N–H and O–H groups in total. The lowest BCUT2D eigenvalue weighted by Crippen LogP contribution is -2.22. The van der Waals surface area contributed by atoms with E-state index in [0.717, 1.165) is 12.1 Å². The Morgan fingerprint density at radius 3 is 2.43 bits per heavy atom. The Bertz CT molecular complexity index is 377. The molecule has 0 saturated heterocycles. The summed E-state index contributed by atoms with van der Waals surface area (Å²) >= 11 is 11.2. The fourth-order valence-electron chi connectivity index (χ4n) is 0.966. The Hall–Kier alpha value is -0.610. The molecular weight excluding hydrogens is 230 g/mol. The summed E-state index contributed by atoms with van der Waals surface area (Å²) in [5.41, 5.74) is -0.309. The molecule has 0 spiro atoms. The number of aliphatic hydroxyl groups is 2.